The minimum atomic E-state index is -3.29. The summed E-state index contributed by atoms with van der Waals surface area (Å²) >= 11 is 3.77. The maximum atomic E-state index is 15.8. The average molecular weight is 1140 g/mol. The van der Waals surface area contributed by atoms with Crippen molar-refractivity contribution in [1.82, 2.24) is 9.97 Å². The van der Waals surface area contributed by atoms with Crippen molar-refractivity contribution in [2.24, 2.45) is 0 Å². The molecule has 0 aliphatic rings. The first kappa shape index (κ1) is 50.2. The topological polar surface area (TPSA) is 42.9 Å². The monoisotopic (exact) mass is 1140 g/mol. The highest BCUT2D eigenvalue weighted by Crippen LogP contribution is 2.47. The lowest BCUT2D eigenvalue weighted by Crippen LogP contribution is -2.25. The molecule has 5 heteroatoms. The summed E-state index contributed by atoms with van der Waals surface area (Å²) in [5, 5.41) is 17.6. The third kappa shape index (κ3) is 9.05. The van der Waals surface area contributed by atoms with Gasteiger partial charge in [-0.3, -0.25) is 9.97 Å². The van der Waals surface area contributed by atoms with Crippen LogP contribution in [0.5, 0.6) is 0 Å². The van der Waals surface area contributed by atoms with Crippen molar-refractivity contribution in [1.29, 1.82) is 0 Å². The highest BCUT2D eigenvalue weighted by molar-refractivity contribution is 9.10. The fraction of sp³-hybridized carbons (Fsp3) is 0. The van der Waals surface area contributed by atoms with Crippen LogP contribution in [0.4, 0.5) is 0 Å². The highest BCUT2D eigenvalue weighted by atomic mass is 79.9. The van der Waals surface area contributed by atoms with Gasteiger partial charge in [0, 0.05) is 43.9 Å². The van der Waals surface area contributed by atoms with Crippen LogP contribution in [0.15, 0.2) is 308 Å². The number of halogens is 1. The normalized spacial score (nSPS) is 11.7. The summed E-state index contributed by atoms with van der Waals surface area (Å²) in [5.74, 6) is 0. The van der Waals surface area contributed by atoms with Crippen LogP contribution in [0.25, 0.3) is 132 Å². The molecular formula is C78H50BrN2OP. The Balaban J connectivity index is 0.000000149. The van der Waals surface area contributed by atoms with Gasteiger partial charge >= 0.3 is 0 Å². The average Bonchev–Trinajstić information content (AvgIpc) is 3.72. The fourth-order valence-corrected chi connectivity index (χ4v) is 15.7. The van der Waals surface area contributed by atoms with Gasteiger partial charge in [-0.2, -0.15) is 0 Å². The van der Waals surface area contributed by atoms with Crippen molar-refractivity contribution in [2.45, 2.75) is 0 Å². The van der Waals surface area contributed by atoms with Crippen LogP contribution < -0.4 is 15.9 Å². The predicted molar refractivity (Wildman–Crippen MR) is 356 cm³/mol. The molecule has 0 saturated carbocycles. The number of hydrogen-bond donors (Lipinski definition) is 0. The molecular weight excluding hydrogens is 1090 g/mol. The molecule has 2 aromatic heterocycles. The maximum absolute atomic E-state index is 15.8. The Morgan fingerprint density at radius 2 is 0.627 bits per heavy atom. The summed E-state index contributed by atoms with van der Waals surface area (Å²) in [5.41, 5.74) is 12.9. The molecule has 16 rings (SSSR count). The second-order valence-corrected chi connectivity index (χ2v) is 25.0. The van der Waals surface area contributed by atoms with Crippen molar-refractivity contribution in [3.8, 4) is 67.0 Å². The Morgan fingerprint density at radius 3 is 1.08 bits per heavy atom. The molecule has 0 radical (unpaired) electrons. The summed E-state index contributed by atoms with van der Waals surface area (Å²) in [7, 11) is -3.29. The van der Waals surface area contributed by atoms with Gasteiger partial charge in [-0.15, -0.1) is 0 Å². The van der Waals surface area contributed by atoms with E-state index < -0.39 is 7.14 Å². The molecule has 2 heterocycles. The zero-order valence-corrected chi connectivity index (χ0v) is 47.5. The molecule has 16 aromatic rings. The second kappa shape index (κ2) is 20.9. The van der Waals surface area contributed by atoms with Gasteiger partial charge in [0.15, 0.2) is 7.14 Å². The maximum Gasteiger partial charge on any atom is 0.171 e. The Hall–Kier alpha value is -9.83. The van der Waals surface area contributed by atoms with Crippen molar-refractivity contribution < 1.29 is 4.57 Å². The first-order valence-electron chi connectivity index (χ1n) is 28.0. The van der Waals surface area contributed by atoms with Crippen LogP contribution in [0.1, 0.15) is 0 Å². The molecule has 0 fully saturated rings. The molecule has 0 N–H and O–H groups in total. The summed E-state index contributed by atoms with van der Waals surface area (Å²) in [6.07, 6.45) is 3.77. The lowest BCUT2D eigenvalue weighted by molar-refractivity contribution is 0.592. The SMILES string of the molecule is Brc1cc(-c2cc(-c3ccccc3)ccn2)cc(-c2ccc3ccc4cccc5ccc2c3c45)c1.O=P(c1ccccc1)(c1ccccc1)c1cc(-c2cc(-c3ccccc3)ccn2)cc(-c2ccc3ccc4cccc5ccc2c3c45)c1. The molecule has 0 amide bonds. The molecule has 0 unspecified atom stereocenters. The molecule has 0 saturated heterocycles. The first-order chi connectivity index (χ1) is 40.9. The van der Waals surface area contributed by atoms with E-state index in [-0.39, 0.29) is 0 Å². The summed E-state index contributed by atoms with van der Waals surface area (Å²) < 4.78 is 16.8. The highest BCUT2D eigenvalue weighted by Gasteiger charge is 2.31. The van der Waals surface area contributed by atoms with E-state index in [0.29, 0.717) is 0 Å². The number of nitrogens with zero attached hydrogens (tertiary/aromatic N) is 2. The van der Waals surface area contributed by atoms with Gasteiger partial charge in [-0.05, 0) is 170 Å². The van der Waals surface area contributed by atoms with E-state index in [1.54, 1.807) is 0 Å². The Kier molecular flexibility index (Phi) is 12.6. The van der Waals surface area contributed by atoms with Crippen LogP contribution in [0, 0.1) is 0 Å². The van der Waals surface area contributed by atoms with Gasteiger partial charge < -0.3 is 4.57 Å². The zero-order chi connectivity index (χ0) is 55.4. The molecule has 83 heavy (non-hydrogen) atoms. The van der Waals surface area contributed by atoms with E-state index in [1.807, 2.05) is 91.3 Å². The van der Waals surface area contributed by atoms with Gasteiger partial charge in [0.25, 0.3) is 0 Å². The molecule has 390 valence electrons. The lowest BCUT2D eigenvalue weighted by atomic mass is 9.89. The number of benzene rings is 14. The first-order valence-corrected chi connectivity index (χ1v) is 30.5. The van der Waals surface area contributed by atoms with Gasteiger partial charge in [-0.25, -0.2) is 0 Å². The van der Waals surface area contributed by atoms with E-state index in [2.05, 4.69) is 228 Å². The van der Waals surface area contributed by atoms with Gasteiger partial charge in [0.2, 0.25) is 0 Å². The number of hydrogen-bond acceptors (Lipinski definition) is 3. The standard InChI is InChI=1S/C45H30NOP.C33H20BrN/c47-48(38-15-6-2-7-16-38,39-17-8-3-9-18-39)40-28-36(27-37(29-40)43-30-35(25-26-46-43)31-11-4-1-5-12-31)41-23-21-34-20-19-32-13-10-14-33-22-24-42(41)45(34)44(32)33;34-28-18-26(17-27(19-28)31-20-25(15-16-35-31)21-5-2-1-3-6-21)29-13-11-24-10-9-22-7-4-8-23-12-14-30(29)33(24)32(22)23/h1-30H;1-20H. The zero-order valence-electron chi connectivity index (χ0n) is 45.0. The lowest BCUT2D eigenvalue weighted by Gasteiger charge is -2.22. The van der Waals surface area contributed by atoms with Gasteiger partial charge in [0.1, 0.15) is 0 Å². The van der Waals surface area contributed by atoms with Crippen LogP contribution in [0.2, 0.25) is 0 Å². The van der Waals surface area contributed by atoms with Crippen molar-refractivity contribution >= 4 is 104 Å². The smallest absolute Gasteiger partial charge is 0.171 e. The van der Waals surface area contributed by atoms with Crippen molar-refractivity contribution in [3.63, 3.8) is 0 Å². The molecule has 14 aromatic carbocycles. The number of rotatable bonds is 9. The van der Waals surface area contributed by atoms with Crippen LogP contribution in [-0.2, 0) is 4.57 Å². The van der Waals surface area contributed by atoms with Crippen LogP contribution in [0.3, 0.4) is 0 Å². The van der Waals surface area contributed by atoms with E-state index in [4.69, 9.17) is 9.97 Å². The largest absolute Gasteiger partial charge is 0.309 e. The van der Waals surface area contributed by atoms with Gasteiger partial charge in [0.05, 0.1) is 11.4 Å². The quantitative estimate of drug-likeness (QED) is 0.107. The Bertz CT molecular complexity index is 5050. The van der Waals surface area contributed by atoms with E-state index in [1.165, 1.54) is 86.9 Å². The third-order valence-corrected chi connectivity index (χ3v) is 19.9. The second-order valence-electron chi connectivity index (χ2n) is 21.3. The minimum Gasteiger partial charge on any atom is -0.309 e. The third-order valence-electron chi connectivity index (χ3n) is 16.4. The van der Waals surface area contributed by atoms with Crippen molar-refractivity contribution in [2.75, 3.05) is 0 Å². The van der Waals surface area contributed by atoms with Crippen LogP contribution in [-0.4, -0.2) is 9.97 Å². The van der Waals surface area contributed by atoms with E-state index in [9.17, 15) is 0 Å². The van der Waals surface area contributed by atoms with Gasteiger partial charge in [-0.1, -0.05) is 246 Å². The van der Waals surface area contributed by atoms with E-state index in [0.717, 1.165) is 65.2 Å². The van der Waals surface area contributed by atoms with Crippen molar-refractivity contribution in [3.05, 3.63) is 308 Å². The Labute approximate surface area is 490 Å². The molecule has 0 spiro atoms. The summed E-state index contributed by atoms with van der Waals surface area (Å²) in [6.45, 7) is 0. The molecule has 0 atom stereocenters. The predicted octanol–water partition coefficient (Wildman–Crippen LogP) is 20.4. The summed E-state index contributed by atoms with van der Waals surface area (Å²) in [6, 6.07) is 102. The number of aromatic nitrogens is 2. The summed E-state index contributed by atoms with van der Waals surface area (Å²) in [4.78, 5) is 9.60. The van der Waals surface area contributed by atoms with E-state index >= 15 is 4.57 Å². The fourth-order valence-electron chi connectivity index (χ4n) is 12.5. The Morgan fingerprint density at radius 1 is 0.265 bits per heavy atom. The van der Waals surface area contributed by atoms with Crippen LogP contribution >= 0.6 is 23.1 Å². The molecule has 0 bridgehead atoms. The molecule has 0 aliphatic carbocycles. The molecule has 3 nitrogen and oxygen atoms in total. The molecule has 0 aliphatic heterocycles. The number of pyridine rings is 2. The minimum absolute atomic E-state index is 0.782.